The molecule has 2 rings (SSSR count). The van der Waals surface area contributed by atoms with E-state index in [0.717, 1.165) is 0 Å². The van der Waals surface area contributed by atoms with Crippen molar-refractivity contribution < 1.29 is 4.79 Å². The van der Waals surface area contributed by atoms with E-state index in [9.17, 15) is 4.79 Å². The molecule has 17 heavy (non-hydrogen) atoms. The predicted octanol–water partition coefficient (Wildman–Crippen LogP) is 0.656. The van der Waals surface area contributed by atoms with Gasteiger partial charge in [-0.25, -0.2) is 14.6 Å². The van der Waals surface area contributed by atoms with Gasteiger partial charge in [0.1, 0.15) is 17.5 Å². The molecule has 7 nitrogen and oxygen atoms in total. The van der Waals surface area contributed by atoms with E-state index < -0.39 is 0 Å². The topological polar surface area (TPSA) is 98.7 Å². The van der Waals surface area contributed by atoms with Crippen LogP contribution in [0.1, 0.15) is 0 Å². The molecule has 2 aromatic rings. The number of pyridine rings is 1. The number of nitrogens with one attached hydrogen (secondary N) is 1. The van der Waals surface area contributed by atoms with Gasteiger partial charge in [0, 0.05) is 0 Å². The molecule has 0 fully saturated rings. The van der Waals surface area contributed by atoms with Crippen LogP contribution in [0.15, 0.2) is 29.3 Å². The zero-order valence-electron chi connectivity index (χ0n) is 8.67. The average molecular weight is 297 g/mol. The van der Waals surface area contributed by atoms with Gasteiger partial charge in [-0.2, -0.15) is 0 Å². The van der Waals surface area contributed by atoms with Gasteiger partial charge in [-0.1, -0.05) is 0 Å². The Kier molecular flexibility index (Phi) is 3.33. The fourth-order valence-electron chi connectivity index (χ4n) is 1.18. The van der Waals surface area contributed by atoms with Crippen molar-refractivity contribution in [1.82, 2.24) is 19.7 Å². The normalized spacial score (nSPS) is 10.2. The summed E-state index contributed by atoms with van der Waals surface area (Å²) >= 11 is 3.21. The largest absolute Gasteiger partial charge is 0.367 e. The monoisotopic (exact) mass is 296 g/mol. The molecule has 0 spiro atoms. The summed E-state index contributed by atoms with van der Waals surface area (Å²) in [6.45, 7) is 0.0558. The van der Waals surface area contributed by atoms with Crippen LogP contribution in [0.4, 0.5) is 11.6 Å². The molecule has 0 aromatic carbocycles. The summed E-state index contributed by atoms with van der Waals surface area (Å²) in [4.78, 5) is 19.3. The third-order valence-corrected chi connectivity index (χ3v) is 2.34. The Labute approximate surface area is 105 Å². The van der Waals surface area contributed by atoms with E-state index in [0.29, 0.717) is 10.3 Å². The number of hydrogen-bond acceptors (Lipinski definition) is 5. The standard InChI is InChI=1S/C9H9BrN6O/c10-7-2-1-6(3-12-7)14-8(17)4-16-5-13-9(11)15-16/h1-3,5H,4H2,(H2,11,15)(H,14,17). The van der Waals surface area contributed by atoms with Crippen molar-refractivity contribution in [2.24, 2.45) is 0 Å². The fourth-order valence-corrected chi connectivity index (χ4v) is 1.42. The second kappa shape index (κ2) is 4.91. The van der Waals surface area contributed by atoms with Crippen LogP contribution in [0.5, 0.6) is 0 Å². The van der Waals surface area contributed by atoms with Crippen molar-refractivity contribution in [3.8, 4) is 0 Å². The number of rotatable bonds is 3. The Morgan fingerprint density at radius 2 is 2.29 bits per heavy atom. The minimum absolute atomic E-state index is 0.0558. The van der Waals surface area contributed by atoms with E-state index in [4.69, 9.17) is 5.73 Å². The van der Waals surface area contributed by atoms with E-state index in [-0.39, 0.29) is 18.4 Å². The molecule has 0 atom stereocenters. The molecule has 0 saturated heterocycles. The van der Waals surface area contributed by atoms with Crippen LogP contribution in [0, 0.1) is 0 Å². The van der Waals surface area contributed by atoms with E-state index >= 15 is 0 Å². The molecule has 0 bridgehead atoms. The summed E-state index contributed by atoms with van der Waals surface area (Å²) in [6.07, 6.45) is 2.95. The Balaban J connectivity index is 1.95. The third kappa shape index (κ3) is 3.25. The average Bonchev–Trinajstić information content (AvgIpc) is 2.67. The summed E-state index contributed by atoms with van der Waals surface area (Å²) in [7, 11) is 0. The van der Waals surface area contributed by atoms with Crippen LogP contribution < -0.4 is 11.1 Å². The quantitative estimate of drug-likeness (QED) is 0.811. The first kappa shape index (κ1) is 11.5. The molecule has 0 aliphatic carbocycles. The molecule has 88 valence electrons. The second-order valence-electron chi connectivity index (χ2n) is 3.22. The van der Waals surface area contributed by atoms with Crippen molar-refractivity contribution in [2.75, 3.05) is 11.1 Å². The lowest BCUT2D eigenvalue weighted by atomic mass is 10.4. The van der Waals surface area contributed by atoms with Crippen molar-refractivity contribution in [2.45, 2.75) is 6.54 Å². The van der Waals surface area contributed by atoms with Crippen LogP contribution in [-0.2, 0) is 11.3 Å². The Morgan fingerprint density at radius 1 is 1.47 bits per heavy atom. The summed E-state index contributed by atoms with van der Waals surface area (Å²) < 4.78 is 2.07. The third-order valence-electron chi connectivity index (χ3n) is 1.87. The number of anilines is 2. The molecule has 0 saturated carbocycles. The summed E-state index contributed by atoms with van der Waals surface area (Å²) in [6, 6.07) is 3.48. The van der Waals surface area contributed by atoms with Crippen LogP contribution in [0.3, 0.4) is 0 Å². The lowest BCUT2D eigenvalue weighted by Gasteiger charge is -2.04. The van der Waals surface area contributed by atoms with Gasteiger partial charge in [0.2, 0.25) is 11.9 Å². The number of nitrogens with zero attached hydrogens (tertiary/aromatic N) is 4. The number of carbonyl (C=O) groups excluding carboxylic acids is 1. The number of hydrogen-bond donors (Lipinski definition) is 2. The van der Waals surface area contributed by atoms with Gasteiger partial charge in [-0.15, -0.1) is 5.10 Å². The molecule has 0 aliphatic rings. The lowest BCUT2D eigenvalue weighted by molar-refractivity contribution is -0.116. The maximum atomic E-state index is 11.6. The van der Waals surface area contributed by atoms with Crippen LogP contribution >= 0.6 is 15.9 Å². The van der Waals surface area contributed by atoms with Crippen LogP contribution in [0.25, 0.3) is 0 Å². The predicted molar refractivity (Wildman–Crippen MR) is 65.0 cm³/mol. The number of nitrogen functional groups attached to an aromatic ring is 1. The molecule has 2 aromatic heterocycles. The molecule has 1 amide bonds. The van der Waals surface area contributed by atoms with Gasteiger partial charge >= 0.3 is 0 Å². The molecule has 2 heterocycles. The molecule has 0 aliphatic heterocycles. The molecular formula is C9H9BrN6O. The number of carbonyl (C=O) groups is 1. The highest BCUT2D eigenvalue weighted by Gasteiger charge is 2.05. The molecule has 0 unspecified atom stereocenters. The first-order valence-corrected chi connectivity index (χ1v) is 5.49. The van der Waals surface area contributed by atoms with Crippen molar-refractivity contribution in [3.05, 3.63) is 29.3 Å². The first-order valence-electron chi connectivity index (χ1n) is 4.70. The van der Waals surface area contributed by atoms with E-state index in [1.807, 2.05) is 0 Å². The molecule has 3 N–H and O–H groups in total. The maximum Gasteiger partial charge on any atom is 0.246 e. The zero-order chi connectivity index (χ0) is 12.3. The Morgan fingerprint density at radius 3 is 2.88 bits per heavy atom. The SMILES string of the molecule is Nc1ncn(CC(=O)Nc2ccc(Br)nc2)n1. The van der Waals surface area contributed by atoms with Gasteiger partial charge in [0.05, 0.1) is 11.9 Å². The molecule has 8 heteroatoms. The van der Waals surface area contributed by atoms with E-state index in [1.165, 1.54) is 11.0 Å². The van der Waals surface area contributed by atoms with Crippen LogP contribution in [-0.4, -0.2) is 25.7 Å². The highest BCUT2D eigenvalue weighted by Crippen LogP contribution is 2.10. The lowest BCUT2D eigenvalue weighted by Crippen LogP contribution is -2.19. The van der Waals surface area contributed by atoms with Crippen LogP contribution in [0.2, 0.25) is 0 Å². The zero-order valence-corrected chi connectivity index (χ0v) is 10.3. The van der Waals surface area contributed by atoms with Gasteiger partial charge in [-0.05, 0) is 28.1 Å². The van der Waals surface area contributed by atoms with Crippen molar-refractivity contribution in [1.29, 1.82) is 0 Å². The summed E-state index contributed by atoms with van der Waals surface area (Å²) in [5.74, 6) is -0.0814. The minimum Gasteiger partial charge on any atom is -0.367 e. The smallest absolute Gasteiger partial charge is 0.246 e. The van der Waals surface area contributed by atoms with Gasteiger partial charge < -0.3 is 11.1 Å². The molecule has 0 radical (unpaired) electrons. The Hall–Kier alpha value is -1.96. The highest BCUT2D eigenvalue weighted by molar-refractivity contribution is 9.10. The fraction of sp³-hybridized carbons (Fsp3) is 0.111. The second-order valence-corrected chi connectivity index (χ2v) is 4.03. The van der Waals surface area contributed by atoms with E-state index in [1.54, 1.807) is 18.3 Å². The summed E-state index contributed by atoms with van der Waals surface area (Å²) in [5.41, 5.74) is 5.95. The number of aromatic nitrogens is 4. The minimum atomic E-state index is -0.223. The van der Waals surface area contributed by atoms with E-state index in [2.05, 4.69) is 36.3 Å². The van der Waals surface area contributed by atoms with Crippen molar-refractivity contribution >= 4 is 33.5 Å². The first-order chi connectivity index (χ1) is 8.13. The molecular weight excluding hydrogens is 288 g/mol. The number of amides is 1. The van der Waals surface area contributed by atoms with Gasteiger partial charge in [-0.3, -0.25) is 4.79 Å². The maximum absolute atomic E-state index is 11.6. The highest BCUT2D eigenvalue weighted by atomic mass is 79.9. The number of halogens is 1. The van der Waals surface area contributed by atoms with Crippen molar-refractivity contribution in [3.63, 3.8) is 0 Å². The Bertz CT molecular complexity index is 523. The summed E-state index contributed by atoms with van der Waals surface area (Å²) in [5, 5.41) is 6.48. The van der Waals surface area contributed by atoms with Gasteiger partial charge in [0.25, 0.3) is 0 Å². The number of nitrogens with two attached hydrogens (primary N) is 1. The van der Waals surface area contributed by atoms with Gasteiger partial charge in [0.15, 0.2) is 0 Å².